The van der Waals surface area contributed by atoms with E-state index in [2.05, 4.69) is 10.6 Å². The van der Waals surface area contributed by atoms with Crippen molar-refractivity contribution in [3.8, 4) is 0 Å². The number of rotatable bonds is 7. The molecule has 1 rings (SSSR count). The van der Waals surface area contributed by atoms with E-state index in [0.717, 1.165) is 11.1 Å². The van der Waals surface area contributed by atoms with Crippen molar-refractivity contribution in [2.24, 2.45) is 5.73 Å². The summed E-state index contributed by atoms with van der Waals surface area (Å²) in [6.45, 7) is 1.20. The zero-order valence-corrected chi connectivity index (χ0v) is 10.9. The van der Waals surface area contributed by atoms with Gasteiger partial charge in [-0.2, -0.15) is 0 Å². The molecule has 0 saturated heterocycles. The normalized spacial score (nSPS) is 9.95. The highest BCUT2D eigenvalue weighted by atomic mass is 16.5. The van der Waals surface area contributed by atoms with Gasteiger partial charge in [-0.25, -0.2) is 4.79 Å². The van der Waals surface area contributed by atoms with Gasteiger partial charge in [-0.3, -0.25) is 4.79 Å². The first-order valence-electron chi connectivity index (χ1n) is 5.98. The SMILES string of the molecule is COCc1cccc(CNC(=O)NCCC(N)=O)c1. The highest BCUT2D eigenvalue weighted by molar-refractivity contribution is 5.76. The Bertz CT molecular complexity index is 435. The molecule has 0 bridgehead atoms. The topological polar surface area (TPSA) is 93.4 Å². The second-order valence-electron chi connectivity index (χ2n) is 4.08. The lowest BCUT2D eigenvalue weighted by molar-refractivity contribution is -0.117. The van der Waals surface area contributed by atoms with Crippen molar-refractivity contribution < 1.29 is 14.3 Å². The van der Waals surface area contributed by atoms with E-state index in [1.54, 1.807) is 7.11 Å². The number of hydrogen-bond donors (Lipinski definition) is 3. The van der Waals surface area contributed by atoms with Crippen LogP contribution >= 0.6 is 0 Å². The Morgan fingerprint density at radius 3 is 2.68 bits per heavy atom. The number of amides is 3. The maximum absolute atomic E-state index is 11.4. The Balaban J connectivity index is 2.33. The van der Waals surface area contributed by atoms with E-state index >= 15 is 0 Å². The first-order valence-corrected chi connectivity index (χ1v) is 5.98. The maximum atomic E-state index is 11.4. The molecule has 0 aliphatic heterocycles. The van der Waals surface area contributed by atoms with E-state index in [1.807, 2.05) is 24.3 Å². The molecule has 4 N–H and O–H groups in total. The van der Waals surface area contributed by atoms with E-state index in [4.69, 9.17) is 10.5 Å². The molecular formula is C13H19N3O3. The number of primary amides is 1. The number of carbonyl (C=O) groups excluding carboxylic acids is 2. The van der Waals surface area contributed by atoms with Crippen LogP contribution in [0.1, 0.15) is 17.5 Å². The maximum Gasteiger partial charge on any atom is 0.315 e. The van der Waals surface area contributed by atoms with Crippen LogP contribution in [0.15, 0.2) is 24.3 Å². The third-order valence-corrected chi connectivity index (χ3v) is 2.41. The minimum Gasteiger partial charge on any atom is -0.380 e. The highest BCUT2D eigenvalue weighted by Crippen LogP contribution is 2.05. The van der Waals surface area contributed by atoms with E-state index in [0.29, 0.717) is 13.2 Å². The van der Waals surface area contributed by atoms with Gasteiger partial charge in [0.1, 0.15) is 0 Å². The molecule has 1 aromatic rings. The predicted octanol–water partition coefficient (Wildman–Crippen LogP) is 0.508. The summed E-state index contributed by atoms with van der Waals surface area (Å²) in [6, 6.07) is 7.44. The van der Waals surface area contributed by atoms with Crippen LogP contribution in [0.3, 0.4) is 0 Å². The Hall–Kier alpha value is -2.08. The van der Waals surface area contributed by atoms with Gasteiger partial charge in [0, 0.05) is 26.6 Å². The monoisotopic (exact) mass is 265 g/mol. The molecule has 0 saturated carbocycles. The van der Waals surface area contributed by atoms with Crippen LogP contribution in [0.25, 0.3) is 0 Å². The second kappa shape index (κ2) is 8.10. The van der Waals surface area contributed by atoms with Crippen LogP contribution in [0.2, 0.25) is 0 Å². The van der Waals surface area contributed by atoms with Gasteiger partial charge in [-0.15, -0.1) is 0 Å². The smallest absolute Gasteiger partial charge is 0.315 e. The molecule has 0 aromatic heterocycles. The van der Waals surface area contributed by atoms with Crippen molar-refractivity contribution in [3.05, 3.63) is 35.4 Å². The van der Waals surface area contributed by atoms with Crippen LogP contribution in [-0.4, -0.2) is 25.6 Å². The summed E-state index contributed by atoms with van der Waals surface area (Å²) in [4.78, 5) is 21.9. The summed E-state index contributed by atoms with van der Waals surface area (Å²) in [5.41, 5.74) is 7.00. The Morgan fingerprint density at radius 1 is 1.26 bits per heavy atom. The summed E-state index contributed by atoms with van der Waals surface area (Å²) in [5.74, 6) is -0.437. The fourth-order valence-corrected chi connectivity index (χ4v) is 1.54. The second-order valence-corrected chi connectivity index (χ2v) is 4.08. The molecular weight excluding hydrogens is 246 g/mol. The highest BCUT2D eigenvalue weighted by Gasteiger charge is 2.02. The number of hydrogen-bond acceptors (Lipinski definition) is 3. The fourth-order valence-electron chi connectivity index (χ4n) is 1.54. The number of nitrogens with one attached hydrogen (secondary N) is 2. The molecule has 0 aliphatic carbocycles. The number of carbonyl (C=O) groups is 2. The fraction of sp³-hybridized carbons (Fsp3) is 0.385. The van der Waals surface area contributed by atoms with E-state index in [9.17, 15) is 9.59 Å². The van der Waals surface area contributed by atoms with Gasteiger partial charge in [0.25, 0.3) is 0 Å². The lowest BCUT2D eigenvalue weighted by Gasteiger charge is -2.08. The minimum atomic E-state index is -0.437. The summed E-state index contributed by atoms with van der Waals surface area (Å²) in [7, 11) is 1.64. The van der Waals surface area contributed by atoms with Crippen LogP contribution in [0.5, 0.6) is 0 Å². The first kappa shape index (κ1) is 15.0. The molecule has 0 aliphatic rings. The molecule has 0 unspecified atom stereocenters. The number of ether oxygens (including phenoxy) is 1. The molecule has 3 amide bonds. The number of urea groups is 1. The number of nitrogens with two attached hydrogens (primary N) is 1. The van der Waals surface area contributed by atoms with Gasteiger partial charge in [-0.1, -0.05) is 24.3 Å². The Kier molecular flexibility index (Phi) is 6.38. The molecule has 104 valence electrons. The van der Waals surface area contributed by atoms with Gasteiger partial charge in [0.15, 0.2) is 0 Å². The zero-order valence-electron chi connectivity index (χ0n) is 10.9. The van der Waals surface area contributed by atoms with Crippen molar-refractivity contribution in [2.75, 3.05) is 13.7 Å². The van der Waals surface area contributed by atoms with Gasteiger partial charge in [0.2, 0.25) is 5.91 Å². The lowest BCUT2D eigenvalue weighted by Crippen LogP contribution is -2.36. The van der Waals surface area contributed by atoms with Gasteiger partial charge in [0.05, 0.1) is 6.61 Å². The van der Waals surface area contributed by atoms with E-state index < -0.39 is 5.91 Å². The largest absolute Gasteiger partial charge is 0.380 e. The summed E-state index contributed by atoms with van der Waals surface area (Å²) < 4.78 is 5.04. The van der Waals surface area contributed by atoms with Crippen LogP contribution < -0.4 is 16.4 Å². The molecule has 0 radical (unpaired) electrons. The van der Waals surface area contributed by atoms with Crippen molar-refractivity contribution >= 4 is 11.9 Å². The van der Waals surface area contributed by atoms with Crippen molar-refractivity contribution in [1.82, 2.24) is 10.6 Å². The van der Waals surface area contributed by atoms with Crippen LogP contribution in [-0.2, 0) is 22.7 Å². The summed E-state index contributed by atoms with van der Waals surface area (Å²) in [5, 5.41) is 5.25. The van der Waals surface area contributed by atoms with Gasteiger partial charge < -0.3 is 21.1 Å². The summed E-state index contributed by atoms with van der Waals surface area (Å²) >= 11 is 0. The molecule has 1 aromatic carbocycles. The van der Waals surface area contributed by atoms with Crippen molar-refractivity contribution in [1.29, 1.82) is 0 Å². The van der Waals surface area contributed by atoms with Crippen molar-refractivity contribution in [3.63, 3.8) is 0 Å². The molecule has 0 spiro atoms. The zero-order chi connectivity index (χ0) is 14.1. The average Bonchev–Trinajstić information content (AvgIpc) is 2.37. The van der Waals surface area contributed by atoms with Gasteiger partial charge >= 0.3 is 6.03 Å². The van der Waals surface area contributed by atoms with Crippen molar-refractivity contribution in [2.45, 2.75) is 19.6 Å². The molecule has 0 atom stereocenters. The third kappa shape index (κ3) is 6.42. The van der Waals surface area contributed by atoms with E-state index in [1.165, 1.54) is 0 Å². The first-order chi connectivity index (χ1) is 9.11. The number of methoxy groups -OCH3 is 1. The molecule has 0 fully saturated rings. The van der Waals surface area contributed by atoms with Crippen LogP contribution in [0.4, 0.5) is 4.79 Å². The molecule has 19 heavy (non-hydrogen) atoms. The minimum absolute atomic E-state index is 0.136. The quantitative estimate of drug-likeness (QED) is 0.670. The summed E-state index contributed by atoms with van der Waals surface area (Å²) in [6.07, 6.45) is 0.136. The standard InChI is InChI=1S/C13H19N3O3/c1-19-9-11-4-2-3-10(7-11)8-16-13(18)15-6-5-12(14)17/h2-4,7H,5-6,8-9H2,1H3,(H2,14,17)(H2,15,16,18). The molecule has 0 heterocycles. The molecule has 6 heteroatoms. The third-order valence-electron chi connectivity index (χ3n) is 2.41. The average molecular weight is 265 g/mol. The Labute approximate surface area is 112 Å². The number of benzene rings is 1. The van der Waals surface area contributed by atoms with Gasteiger partial charge in [-0.05, 0) is 11.1 Å². The lowest BCUT2D eigenvalue weighted by atomic mass is 10.1. The predicted molar refractivity (Wildman–Crippen MR) is 71.2 cm³/mol. The molecule has 6 nitrogen and oxygen atoms in total. The van der Waals surface area contributed by atoms with Crippen LogP contribution in [0, 0.1) is 0 Å². The Morgan fingerprint density at radius 2 is 2.00 bits per heavy atom. The van der Waals surface area contributed by atoms with E-state index in [-0.39, 0.29) is 19.0 Å².